The van der Waals surface area contributed by atoms with Crippen molar-refractivity contribution in [1.82, 2.24) is 4.90 Å². The summed E-state index contributed by atoms with van der Waals surface area (Å²) in [6.45, 7) is 2.17. The van der Waals surface area contributed by atoms with Crippen molar-refractivity contribution in [2.75, 3.05) is 13.7 Å². The Morgan fingerprint density at radius 2 is 2.13 bits per heavy atom. The number of ether oxygens (including phenoxy) is 1. The van der Waals surface area contributed by atoms with Crippen LogP contribution in [0.25, 0.3) is 6.08 Å². The number of aromatic hydroxyl groups is 1. The number of hydrogen-bond acceptors (Lipinski definition) is 7. The summed E-state index contributed by atoms with van der Waals surface area (Å²) in [6, 6.07) is 2.47. The number of phenolic OH excluding ortho intramolecular Hbond substituents is 1. The molecule has 2 amide bonds. The molecule has 0 atom stereocenters. The number of nitro groups is 1. The monoisotopic (exact) mass is 338 g/mol. The zero-order valence-corrected chi connectivity index (χ0v) is 13.3. The second kappa shape index (κ2) is 6.69. The molecule has 23 heavy (non-hydrogen) atoms. The Bertz CT molecular complexity index is 715. The van der Waals surface area contributed by atoms with Gasteiger partial charge in [-0.1, -0.05) is 6.92 Å². The second-order valence-electron chi connectivity index (χ2n) is 4.68. The SMILES string of the molecule is CCCN1C(=O)S/C(=C/c2cc(OC)c(O)c([N+](=O)[O-])c2)C1=O. The van der Waals surface area contributed by atoms with Crippen molar-refractivity contribution >= 4 is 34.7 Å². The van der Waals surface area contributed by atoms with E-state index in [0.29, 0.717) is 13.0 Å². The van der Waals surface area contributed by atoms with Gasteiger partial charge in [0.25, 0.3) is 11.1 Å². The van der Waals surface area contributed by atoms with Crippen LogP contribution in [-0.4, -0.2) is 39.7 Å². The summed E-state index contributed by atoms with van der Waals surface area (Å²) in [5, 5.41) is 20.3. The van der Waals surface area contributed by atoms with Crippen LogP contribution in [0.2, 0.25) is 0 Å². The number of carbonyl (C=O) groups is 2. The van der Waals surface area contributed by atoms with Crippen LogP contribution in [0, 0.1) is 10.1 Å². The quantitative estimate of drug-likeness (QED) is 0.499. The van der Waals surface area contributed by atoms with Gasteiger partial charge in [-0.3, -0.25) is 24.6 Å². The smallest absolute Gasteiger partial charge is 0.315 e. The summed E-state index contributed by atoms with van der Waals surface area (Å²) in [5.74, 6) is -1.11. The lowest BCUT2D eigenvalue weighted by molar-refractivity contribution is -0.386. The molecule has 0 spiro atoms. The number of phenols is 1. The third kappa shape index (κ3) is 3.29. The highest BCUT2D eigenvalue weighted by Gasteiger charge is 2.34. The van der Waals surface area contributed by atoms with Gasteiger partial charge >= 0.3 is 5.69 Å². The highest BCUT2D eigenvalue weighted by molar-refractivity contribution is 8.18. The highest BCUT2D eigenvalue weighted by Crippen LogP contribution is 2.39. The molecular weight excluding hydrogens is 324 g/mol. The Labute approximate surface area is 135 Å². The van der Waals surface area contributed by atoms with Crippen LogP contribution in [-0.2, 0) is 4.79 Å². The molecule has 1 aromatic carbocycles. The minimum Gasteiger partial charge on any atom is -0.500 e. The molecule has 0 bridgehead atoms. The van der Waals surface area contributed by atoms with Gasteiger partial charge < -0.3 is 9.84 Å². The van der Waals surface area contributed by atoms with Gasteiger partial charge in [-0.05, 0) is 35.9 Å². The molecule has 1 aromatic rings. The summed E-state index contributed by atoms with van der Waals surface area (Å²) >= 11 is 0.774. The Kier molecular flexibility index (Phi) is 4.89. The molecule has 2 rings (SSSR count). The Morgan fingerprint density at radius 1 is 1.43 bits per heavy atom. The van der Waals surface area contributed by atoms with Gasteiger partial charge in [0.2, 0.25) is 5.75 Å². The van der Waals surface area contributed by atoms with Crippen molar-refractivity contribution < 1.29 is 24.4 Å². The molecule has 1 fully saturated rings. The minimum absolute atomic E-state index is 0.0850. The summed E-state index contributed by atoms with van der Waals surface area (Å²) in [5.41, 5.74) is -0.253. The molecule has 0 radical (unpaired) electrons. The lowest BCUT2D eigenvalue weighted by atomic mass is 10.1. The molecule has 1 N–H and O–H groups in total. The van der Waals surface area contributed by atoms with Gasteiger partial charge in [-0.15, -0.1) is 0 Å². The van der Waals surface area contributed by atoms with Gasteiger partial charge in [-0.25, -0.2) is 0 Å². The fourth-order valence-electron chi connectivity index (χ4n) is 2.06. The number of nitrogens with zero attached hydrogens (tertiary/aromatic N) is 2. The average molecular weight is 338 g/mol. The first-order valence-corrected chi connectivity index (χ1v) is 7.51. The largest absolute Gasteiger partial charge is 0.500 e. The lowest BCUT2D eigenvalue weighted by Crippen LogP contribution is -2.28. The first-order valence-electron chi connectivity index (χ1n) is 6.69. The number of nitro benzene ring substituents is 1. The number of benzene rings is 1. The van der Waals surface area contributed by atoms with Crippen molar-refractivity contribution in [3.63, 3.8) is 0 Å². The molecule has 1 saturated heterocycles. The van der Waals surface area contributed by atoms with E-state index in [4.69, 9.17) is 4.74 Å². The summed E-state index contributed by atoms with van der Waals surface area (Å²) in [6.07, 6.45) is 2.01. The first-order chi connectivity index (χ1) is 10.9. The minimum atomic E-state index is -0.752. The standard InChI is InChI=1S/C14H14N2O6S/c1-3-4-15-13(18)11(23-14(15)19)7-8-5-9(16(20)21)12(17)10(6-8)22-2/h5-7,17H,3-4H2,1-2H3/b11-7+. The molecule has 1 aliphatic rings. The lowest BCUT2D eigenvalue weighted by Gasteiger charge is -2.09. The fraction of sp³-hybridized carbons (Fsp3) is 0.286. The predicted molar refractivity (Wildman–Crippen MR) is 84.3 cm³/mol. The Morgan fingerprint density at radius 3 is 2.70 bits per heavy atom. The number of carbonyl (C=O) groups excluding carboxylic acids is 2. The molecule has 0 unspecified atom stereocenters. The Hall–Kier alpha value is -2.55. The average Bonchev–Trinajstić information content (AvgIpc) is 2.76. The topological polar surface area (TPSA) is 110 Å². The maximum Gasteiger partial charge on any atom is 0.315 e. The zero-order valence-electron chi connectivity index (χ0n) is 12.4. The van der Waals surface area contributed by atoms with Crippen LogP contribution >= 0.6 is 11.8 Å². The van der Waals surface area contributed by atoms with Gasteiger partial charge in [0.05, 0.1) is 16.9 Å². The summed E-state index contributed by atoms with van der Waals surface area (Å²) in [4.78, 5) is 35.4. The summed E-state index contributed by atoms with van der Waals surface area (Å²) < 4.78 is 4.90. The second-order valence-corrected chi connectivity index (χ2v) is 5.67. The van der Waals surface area contributed by atoms with E-state index in [1.165, 1.54) is 19.3 Å². The van der Waals surface area contributed by atoms with Crippen molar-refractivity contribution in [2.24, 2.45) is 0 Å². The van der Waals surface area contributed by atoms with Crippen LogP contribution in [0.3, 0.4) is 0 Å². The molecule has 0 saturated carbocycles. The molecule has 1 heterocycles. The van der Waals surface area contributed by atoms with Crippen LogP contribution < -0.4 is 4.74 Å². The third-order valence-corrected chi connectivity index (χ3v) is 4.02. The van der Waals surface area contributed by atoms with Crippen LogP contribution in [0.5, 0.6) is 11.5 Å². The molecular formula is C14H14N2O6S. The van der Waals surface area contributed by atoms with Crippen molar-refractivity contribution in [1.29, 1.82) is 0 Å². The number of methoxy groups -OCH3 is 1. The third-order valence-electron chi connectivity index (χ3n) is 3.11. The predicted octanol–water partition coefficient (Wildman–Crippen LogP) is 2.76. The van der Waals surface area contributed by atoms with E-state index in [2.05, 4.69) is 0 Å². The Balaban J connectivity index is 2.43. The van der Waals surface area contributed by atoms with Crippen molar-refractivity contribution in [2.45, 2.75) is 13.3 Å². The van der Waals surface area contributed by atoms with E-state index in [9.17, 15) is 24.8 Å². The molecule has 122 valence electrons. The number of amides is 2. The number of imide groups is 1. The normalized spacial score (nSPS) is 16.3. The number of rotatable bonds is 5. The maximum absolute atomic E-state index is 12.2. The number of hydrogen-bond donors (Lipinski definition) is 1. The highest BCUT2D eigenvalue weighted by atomic mass is 32.2. The molecule has 9 heteroatoms. The van der Waals surface area contributed by atoms with Crippen molar-refractivity contribution in [3.05, 3.63) is 32.7 Å². The van der Waals surface area contributed by atoms with Crippen LogP contribution in [0.4, 0.5) is 10.5 Å². The van der Waals surface area contributed by atoms with E-state index in [1.54, 1.807) is 0 Å². The molecule has 1 aliphatic heterocycles. The van der Waals surface area contributed by atoms with Crippen LogP contribution in [0.15, 0.2) is 17.0 Å². The van der Waals surface area contributed by atoms with Gasteiger partial charge in [0.1, 0.15) is 0 Å². The number of thioether (sulfide) groups is 1. The van der Waals surface area contributed by atoms with E-state index in [1.807, 2.05) is 6.92 Å². The van der Waals surface area contributed by atoms with Crippen molar-refractivity contribution in [3.8, 4) is 11.5 Å². The molecule has 8 nitrogen and oxygen atoms in total. The van der Waals surface area contributed by atoms with Gasteiger partial charge in [0.15, 0.2) is 5.75 Å². The van der Waals surface area contributed by atoms with Gasteiger partial charge in [-0.2, -0.15) is 0 Å². The van der Waals surface area contributed by atoms with E-state index in [-0.39, 0.29) is 21.5 Å². The zero-order chi connectivity index (χ0) is 17.1. The van der Waals surface area contributed by atoms with Crippen LogP contribution in [0.1, 0.15) is 18.9 Å². The van der Waals surface area contributed by atoms with E-state index < -0.39 is 22.3 Å². The van der Waals surface area contributed by atoms with E-state index in [0.717, 1.165) is 22.7 Å². The maximum atomic E-state index is 12.2. The fourth-order valence-corrected chi connectivity index (χ4v) is 2.92. The van der Waals surface area contributed by atoms with Gasteiger partial charge in [0, 0.05) is 12.6 Å². The molecule has 0 aromatic heterocycles. The first kappa shape index (κ1) is 16.8. The summed E-state index contributed by atoms with van der Waals surface area (Å²) in [7, 11) is 1.26. The molecule has 0 aliphatic carbocycles. The van der Waals surface area contributed by atoms with E-state index >= 15 is 0 Å².